The lowest BCUT2D eigenvalue weighted by Crippen LogP contribution is -2.51. The Hall–Kier alpha value is -0.810. The first-order valence-electron chi connectivity index (χ1n) is 7.82. The average molecular weight is 284 g/mol. The standard InChI is InChI=1S/C15H32N4O/c1-12(2)10-14(19-6-8-20-9-7-19)11-17-15(16-5)18-13(3)4/h12-14H,6-11H2,1-5H3,(H2,16,17,18). The maximum atomic E-state index is 5.46. The number of nitrogens with zero attached hydrogens (tertiary/aromatic N) is 2. The number of aliphatic imine (C=N–C) groups is 1. The summed E-state index contributed by atoms with van der Waals surface area (Å²) in [6.07, 6.45) is 1.20. The quantitative estimate of drug-likeness (QED) is 0.570. The lowest BCUT2D eigenvalue weighted by molar-refractivity contribution is 0.0132. The molecule has 0 aromatic rings. The molecule has 5 heteroatoms. The third-order valence-corrected chi connectivity index (χ3v) is 3.46. The Kier molecular flexibility index (Phi) is 7.92. The van der Waals surface area contributed by atoms with Crippen molar-refractivity contribution in [2.75, 3.05) is 39.9 Å². The molecule has 0 aromatic carbocycles. The minimum absolute atomic E-state index is 0.396. The van der Waals surface area contributed by atoms with Crippen LogP contribution in [0.3, 0.4) is 0 Å². The SMILES string of the molecule is CN=C(NCC(CC(C)C)N1CCOCC1)NC(C)C. The molecule has 1 fully saturated rings. The van der Waals surface area contributed by atoms with Crippen molar-refractivity contribution in [2.24, 2.45) is 10.9 Å². The highest BCUT2D eigenvalue weighted by molar-refractivity contribution is 5.79. The molecule has 0 bridgehead atoms. The Balaban J connectivity index is 2.50. The molecule has 0 radical (unpaired) electrons. The van der Waals surface area contributed by atoms with Crippen molar-refractivity contribution in [2.45, 2.75) is 46.2 Å². The first kappa shape index (κ1) is 17.2. The molecule has 0 aromatic heterocycles. The Bertz CT molecular complexity index is 286. The number of ether oxygens (including phenoxy) is 1. The maximum Gasteiger partial charge on any atom is 0.191 e. The van der Waals surface area contributed by atoms with E-state index in [1.165, 1.54) is 6.42 Å². The van der Waals surface area contributed by atoms with E-state index in [0.717, 1.165) is 38.8 Å². The lowest BCUT2D eigenvalue weighted by Gasteiger charge is -2.36. The molecule has 1 aliphatic rings. The normalized spacial score (nSPS) is 19.4. The summed E-state index contributed by atoms with van der Waals surface area (Å²) in [5, 5.41) is 6.80. The van der Waals surface area contributed by atoms with Gasteiger partial charge in [-0.05, 0) is 26.2 Å². The van der Waals surface area contributed by atoms with Crippen LogP contribution in [0, 0.1) is 5.92 Å². The maximum absolute atomic E-state index is 5.46. The highest BCUT2D eigenvalue weighted by atomic mass is 16.5. The zero-order valence-corrected chi connectivity index (χ0v) is 13.8. The number of hydrogen-bond acceptors (Lipinski definition) is 3. The van der Waals surface area contributed by atoms with E-state index in [1.54, 1.807) is 0 Å². The average Bonchev–Trinajstić information content (AvgIpc) is 2.42. The van der Waals surface area contributed by atoms with Crippen molar-refractivity contribution in [3.8, 4) is 0 Å². The second-order valence-electron chi connectivity index (χ2n) is 6.18. The molecule has 20 heavy (non-hydrogen) atoms. The summed E-state index contributed by atoms with van der Waals surface area (Å²) in [4.78, 5) is 6.82. The molecule has 0 spiro atoms. The van der Waals surface area contributed by atoms with Gasteiger partial charge in [-0.15, -0.1) is 0 Å². The molecular formula is C15H32N4O. The molecule has 0 saturated carbocycles. The molecule has 0 amide bonds. The van der Waals surface area contributed by atoms with Crippen LogP contribution in [0.2, 0.25) is 0 Å². The minimum atomic E-state index is 0.396. The second kappa shape index (κ2) is 9.19. The van der Waals surface area contributed by atoms with Gasteiger partial charge < -0.3 is 15.4 Å². The van der Waals surface area contributed by atoms with Crippen LogP contribution in [-0.4, -0.2) is 62.8 Å². The van der Waals surface area contributed by atoms with Gasteiger partial charge in [0.2, 0.25) is 0 Å². The van der Waals surface area contributed by atoms with Crippen LogP contribution in [0.5, 0.6) is 0 Å². The fourth-order valence-electron chi connectivity index (χ4n) is 2.53. The summed E-state index contributed by atoms with van der Waals surface area (Å²) in [6.45, 7) is 13.5. The molecule has 0 aliphatic carbocycles. The van der Waals surface area contributed by atoms with Crippen LogP contribution >= 0.6 is 0 Å². The topological polar surface area (TPSA) is 48.9 Å². The molecule has 118 valence electrons. The first-order valence-corrected chi connectivity index (χ1v) is 7.82. The summed E-state index contributed by atoms with van der Waals surface area (Å²) < 4.78 is 5.46. The smallest absolute Gasteiger partial charge is 0.191 e. The van der Waals surface area contributed by atoms with Gasteiger partial charge in [0.05, 0.1) is 13.2 Å². The molecule has 1 heterocycles. The number of hydrogen-bond donors (Lipinski definition) is 2. The van der Waals surface area contributed by atoms with E-state index in [1.807, 2.05) is 7.05 Å². The molecule has 1 saturated heterocycles. The highest BCUT2D eigenvalue weighted by Crippen LogP contribution is 2.12. The summed E-state index contributed by atoms with van der Waals surface area (Å²) in [7, 11) is 1.82. The van der Waals surface area contributed by atoms with Crippen molar-refractivity contribution in [3.05, 3.63) is 0 Å². The second-order valence-corrected chi connectivity index (χ2v) is 6.18. The van der Waals surface area contributed by atoms with E-state index in [-0.39, 0.29) is 0 Å². The Morgan fingerprint density at radius 1 is 1.20 bits per heavy atom. The van der Waals surface area contributed by atoms with Gasteiger partial charge in [0.15, 0.2) is 5.96 Å². The van der Waals surface area contributed by atoms with Crippen LogP contribution in [-0.2, 0) is 4.74 Å². The molecule has 2 N–H and O–H groups in total. The van der Waals surface area contributed by atoms with Gasteiger partial charge in [0.25, 0.3) is 0 Å². The number of guanidine groups is 1. The third kappa shape index (κ3) is 6.57. The minimum Gasteiger partial charge on any atom is -0.379 e. The van der Waals surface area contributed by atoms with Gasteiger partial charge in [-0.25, -0.2) is 0 Å². The fraction of sp³-hybridized carbons (Fsp3) is 0.933. The Morgan fingerprint density at radius 2 is 1.85 bits per heavy atom. The van der Waals surface area contributed by atoms with Gasteiger partial charge in [-0.1, -0.05) is 13.8 Å². The fourth-order valence-corrected chi connectivity index (χ4v) is 2.53. The number of morpholine rings is 1. The van der Waals surface area contributed by atoms with Gasteiger partial charge >= 0.3 is 0 Å². The zero-order chi connectivity index (χ0) is 15.0. The van der Waals surface area contributed by atoms with Crippen LogP contribution in [0.15, 0.2) is 4.99 Å². The van der Waals surface area contributed by atoms with Gasteiger partial charge in [0, 0.05) is 38.8 Å². The van der Waals surface area contributed by atoms with Gasteiger partial charge in [-0.2, -0.15) is 0 Å². The van der Waals surface area contributed by atoms with Gasteiger partial charge in [0.1, 0.15) is 0 Å². The monoisotopic (exact) mass is 284 g/mol. The molecule has 1 rings (SSSR count). The van der Waals surface area contributed by atoms with E-state index in [4.69, 9.17) is 4.74 Å². The van der Waals surface area contributed by atoms with Crippen molar-refractivity contribution in [1.82, 2.24) is 15.5 Å². The van der Waals surface area contributed by atoms with Crippen LogP contribution in [0.1, 0.15) is 34.1 Å². The van der Waals surface area contributed by atoms with Crippen molar-refractivity contribution < 1.29 is 4.74 Å². The molecule has 1 unspecified atom stereocenters. The number of nitrogens with one attached hydrogen (secondary N) is 2. The van der Waals surface area contributed by atoms with Crippen LogP contribution in [0.25, 0.3) is 0 Å². The number of rotatable bonds is 6. The van der Waals surface area contributed by atoms with E-state index in [0.29, 0.717) is 18.0 Å². The van der Waals surface area contributed by atoms with Crippen LogP contribution in [0.4, 0.5) is 0 Å². The van der Waals surface area contributed by atoms with Crippen molar-refractivity contribution >= 4 is 5.96 Å². The first-order chi connectivity index (χ1) is 9.52. The molecular weight excluding hydrogens is 252 g/mol. The summed E-state index contributed by atoms with van der Waals surface area (Å²) >= 11 is 0. The predicted octanol–water partition coefficient (Wildman–Crippen LogP) is 1.31. The Morgan fingerprint density at radius 3 is 2.35 bits per heavy atom. The molecule has 5 nitrogen and oxygen atoms in total. The van der Waals surface area contributed by atoms with E-state index < -0.39 is 0 Å². The van der Waals surface area contributed by atoms with E-state index in [9.17, 15) is 0 Å². The lowest BCUT2D eigenvalue weighted by atomic mass is 10.0. The molecule has 1 aliphatic heterocycles. The van der Waals surface area contributed by atoms with Crippen molar-refractivity contribution in [3.63, 3.8) is 0 Å². The van der Waals surface area contributed by atoms with Gasteiger partial charge in [-0.3, -0.25) is 9.89 Å². The summed E-state index contributed by atoms with van der Waals surface area (Å²) in [5.41, 5.74) is 0. The van der Waals surface area contributed by atoms with E-state index >= 15 is 0 Å². The van der Waals surface area contributed by atoms with Crippen molar-refractivity contribution in [1.29, 1.82) is 0 Å². The third-order valence-electron chi connectivity index (χ3n) is 3.46. The molecule has 1 atom stereocenters. The zero-order valence-electron chi connectivity index (χ0n) is 13.8. The van der Waals surface area contributed by atoms with Crippen LogP contribution < -0.4 is 10.6 Å². The largest absolute Gasteiger partial charge is 0.379 e. The Labute approximate surface area is 124 Å². The highest BCUT2D eigenvalue weighted by Gasteiger charge is 2.22. The summed E-state index contributed by atoms with van der Waals surface area (Å²) in [5.74, 6) is 1.59. The summed E-state index contributed by atoms with van der Waals surface area (Å²) in [6, 6.07) is 0.942. The van der Waals surface area contributed by atoms with E-state index in [2.05, 4.69) is 48.2 Å². The predicted molar refractivity (Wildman–Crippen MR) is 85.3 cm³/mol.